The molecule has 4 heteroatoms. The van der Waals surface area contributed by atoms with Crippen LogP contribution in [-0.2, 0) is 0 Å². The van der Waals surface area contributed by atoms with E-state index in [1.54, 1.807) is 0 Å². The monoisotopic (exact) mass is 338 g/mol. The van der Waals surface area contributed by atoms with E-state index in [0.29, 0.717) is 0 Å². The lowest BCUT2D eigenvalue weighted by molar-refractivity contribution is 0.273. The van der Waals surface area contributed by atoms with Crippen molar-refractivity contribution in [2.45, 2.75) is 38.1 Å². The Hall–Kier alpha value is -0.480. The molecule has 102 valence electrons. The number of thioether (sulfide) groups is 1. The molecule has 0 saturated heterocycles. The zero-order chi connectivity index (χ0) is 13.3. The number of nitrogens with one attached hydrogen (secondary N) is 1. The SMILES string of the molecule is CC1CCC2(CC1)CSC(Nc1ccc(Br)cc1)=N2. The maximum atomic E-state index is 4.99. The molecule has 1 heterocycles. The van der Waals surface area contributed by atoms with Crippen LogP contribution in [0.25, 0.3) is 0 Å². The molecule has 1 fully saturated rings. The first-order chi connectivity index (χ1) is 9.15. The van der Waals surface area contributed by atoms with E-state index in [4.69, 9.17) is 4.99 Å². The Kier molecular flexibility index (Phi) is 3.90. The lowest BCUT2D eigenvalue weighted by Gasteiger charge is -2.32. The molecule has 0 unspecified atom stereocenters. The van der Waals surface area contributed by atoms with E-state index < -0.39 is 0 Å². The molecule has 2 nitrogen and oxygen atoms in total. The number of hydrogen-bond acceptors (Lipinski definition) is 3. The number of halogens is 1. The normalized spacial score (nSPS) is 30.4. The van der Waals surface area contributed by atoms with Gasteiger partial charge in [0.2, 0.25) is 0 Å². The molecule has 0 radical (unpaired) electrons. The molecule has 2 aliphatic rings. The van der Waals surface area contributed by atoms with Crippen molar-refractivity contribution >= 4 is 38.5 Å². The molecule has 0 aromatic heterocycles. The van der Waals surface area contributed by atoms with Crippen LogP contribution in [0.5, 0.6) is 0 Å². The molecular formula is C15H19BrN2S. The number of anilines is 1. The largest absolute Gasteiger partial charge is 0.335 e. The van der Waals surface area contributed by atoms with Crippen LogP contribution in [0.2, 0.25) is 0 Å². The first-order valence-electron chi connectivity index (χ1n) is 6.90. The van der Waals surface area contributed by atoms with Crippen LogP contribution in [0.1, 0.15) is 32.6 Å². The smallest absolute Gasteiger partial charge is 0.161 e. The van der Waals surface area contributed by atoms with E-state index in [2.05, 4.69) is 52.4 Å². The fraction of sp³-hybridized carbons (Fsp3) is 0.533. The summed E-state index contributed by atoms with van der Waals surface area (Å²) in [6.07, 6.45) is 5.17. The van der Waals surface area contributed by atoms with Gasteiger partial charge in [-0.25, -0.2) is 0 Å². The minimum Gasteiger partial charge on any atom is -0.335 e. The maximum Gasteiger partial charge on any atom is 0.161 e. The topological polar surface area (TPSA) is 24.4 Å². The Bertz CT molecular complexity index is 475. The van der Waals surface area contributed by atoms with Gasteiger partial charge in [-0.1, -0.05) is 34.6 Å². The number of amidine groups is 1. The van der Waals surface area contributed by atoms with Crippen molar-refractivity contribution < 1.29 is 0 Å². The molecule has 3 rings (SSSR count). The minimum absolute atomic E-state index is 0.231. The highest BCUT2D eigenvalue weighted by Gasteiger charge is 2.38. The van der Waals surface area contributed by atoms with Crippen molar-refractivity contribution in [1.82, 2.24) is 0 Å². The number of benzene rings is 1. The summed E-state index contributed by atoms with van der Waals surface area (Å²) in [4.78, 5) is 4.99. The van der Waals surface area contributed by atoms with Crippen LogP contribution < -0.4 is 5.32 Å². The molecular weight excluding hydrogens is 320 g/mol. The molecule has 1 aliphatic heterocycles. The van der Waals surface area contributed by atoms with Crippen molar-refractivity contribution in [3.63, 3.8) is 0 Å². The summed E-state index contributed by atoms with van der Waals surface area (Å²) in [5, 5.41) is 4.54. The van der Waals surface area contributed by atoms with Gasteiger partial charge in [0.05, 0.1) is 5.54 Å². The number of nitrogens with zero attached hydrogens (tertiary/aromatic N) is 1. The van der Waals surface area contributed by atoms with Crippen LogP contribution >= 0.6 is 27.7 Å². The van der Waals surface area contributed by atoms with Gasteiger partial charge in [0.25, 0.3) is 0 Å². The molecule has 0 atom stereocenters. The lowest BCUT2D eigenvalue weighted by Crippen LogP contribution is -2.32. The van der Waals surface area contributed by atoms with Crippen LogP contribution in [0.15, 0.2) is 33.7 Å². The van der Waals surface area contributed by atoms with E-state index in [1.807, 2.05) is 11.8 Å². The summed E-state index contributed by atoms with van der Waals surface area (Å²) >= 11 is 5.33. The van der Waals surface area contributed by atoms with Gasteiger partial charge in [-0.3, -0.25) is 4.99 Å². The van der Waals surface area contributed by atoms with E-state index in [9.17, 15) is 0 Å². The second-order valence-electron chi connectivity index (χ2n) is 5.74. The van der Waals surface area contributed by atoms with Crippen molar-refractivity contribution in [2.75, 3.05) is 11.1 Å². The molecule has 1 aromatic rings. The Morgan fingerprint density at radius 3 is 2.63 bits per heavy atom. The molecule has 1 spiro atoms. The third kappa shape index (κ3) is 3.16. The van der Waals surface area contributed by atoms with Gasteiger partial charge in [0.1, 0.15) is 0 Å². The molecule has 1 saturated carbocycles. The van der Waals surface area contributed by atoms with Gasteiger partial charge in [0.15, 0.2) is 5.17 Å². The van der Waals surface area contributed by atoms with Crippen LogP contribution in [0.3, 0.4) is 0 Å². The third-order valence-corrected chi connectivity index (χ3v) is 5.79. The quantitative estimate of drug-likeness (QED) is 0.786. The zero-order valence-electron chi connectivity index (χ0n) is 11.2. The molecule has 19 heavy (non-hydrogen) atoms. The Balaban J connectivity index is 1.68. The van der Waals surface area contributed by atoms with Crippen LogP contribution in [0.4, 0.5) is 5.69 Å². The molecule has 1 aliphatic carbocycles. The van der Waals surface area contributed by atoms with E-state index in [0.717, 1.165) is 27.0 Å². The first kappa shape index (κ1) is 13.5. The fourth-order valence-corrected chi connectivity index (χ4v) is 4.23. The lowest BCUT2D eigenvalue weighted by atomic mass is 9.79. The third-order valence-electron chi connectivity index (χ3n) is 4.12. The van der Waals surface area contributed by atoms with Gasteiger partial charge < -0.3 is 5.32 Å². The number of hydrogen-bond donors (Lipinski definition) is 1. The zero-order valence-corrected chi connectivity index (χ0v) is 13.6. The van der Waals surface area contributed by atoms with Crippen molar-refractivity contribution in [3.05, 3.63) is 28.7 Å². The Morgan fingerprint density at radius 1 is 1.26 bits per heavy atom. The van der Waals surface area contributed by atoms with E-state index >= 15 is 0 Å². The van der Waals surface area contributed by atoms with Crippen LogP contribution in [0, 0.1) is 5.92 Å². The average Bonchev–Trinajstić information content (AvgIpc) is 2.80. The molecule has 1 aromatic carbocycles. The molecule has 1 N–H and O–H groups in total. The summed E-state index contributed by atoms with van der Waals surface area (Å²) < 4.78 is 1.11. The second-order valence-corrected chi connectivity index (χ2v) is 7.62. The van der Waals surface area contributed by atoms with Gasteiger partial charge in [0, 0.05) is 15.9 Å². The summed E-state index contributed by atoms with van der Waals surface area (Å²) in [6, 6.07) is 8.28. The van der Waals surface area contributed by atoms with Gasteiger partial charge in [-0.05, 0) is 55.9 Å². The number of rotatable bonds is 1. The van der Waals surface area contributed by atoms with Gasteiger partial charge >= 0.3 is 0 Å². The van der Waals surface area contributed by atoms with Gasteiger partial charge in [-0.15, -0.1) is 0 Å². The molecule has 0 amide bonds. The van der Waals surface area contributed by atoms with Crippen molar-refractivity contribution in [1.29, 1.82) is 0 Å². The van der Waals surface area contributed by atoms with E-state index in [1.165, 1.54) is 25.7 Å². The summed E-state index contributed by atoms with van der Waals surface area (Å²) in [7, 11) is 0. The fourth-order valence-electron chi connectivity index (χ4n) is 2.76. The predicted octanol–water partition coefficient (Wildman–Crippen LogP) is 4.91. The first-order valence-corrected chi connectivity index (χ1v) is 8.68. The second kappa shape index (κ2) is 5.49. The highest BCUT2D eigenvalue weighted by molar-refractivity contribution is 9.10. The number of aliphatic imine (C=N–C) groups is 1. The summed E-state index contributed by atoms with van der Waals surface area (Å²) in [5.41, 5.74) is 1.35. The highest BCUT2D eigenvalue weighted by Crippen LogP contribution is 2.41. The highest BCUT2D eigenvalue weighted by atomic mass is 79.9. The Morgan fingerprint density at radius 2 is 1.95 bits per heavy atom. The minimum atomic E-state index is 0.231. The van der Waals surface area contributed by atoms with E-state index in [-0.39, 0.29) is 5.54 Å². The predicted molar refractivity (Wildman–Crippen MR) is 88.0 cm³/mol. The van der Waals surface area contributed by atoms with Crippen LogP contribution in [-0.4, -0.2) is 16.5 Å². The van der Waals surface area contributed by atoms with Gasteiger partial charge in [-0.2, -0.15) is 0 Å². The summed E-state index contributed by atoms with van der Waals surface area (Å²) in [5.74, 6) is 2.03. The average molecular weight is 339 g/mol. The standard InChI is InChI=1S/C15H19BrN2S/c1-11-6-8-15(9-7-11)10-19-14(18-15)17-13-4-2-12(16)3-5-13/h2-5,11H,6-10H2,1H3,(H,17,18). The maximum absolute atomic E-state index is 4.99. The summed E-state index contributed by atoms with van der Waals surface area (Å²) in [6.45, 7) is 2.36. The van der Waals surface area contributed by atoms with Crippen molar-refractivity contribution in [3.8, 4) is 0 Å². The van der Waals surface area contributed by atoms with Crippen molar-refractivity contribution in [2.24, 2.45) is 10.9 Å². The Labute approximate surface area is 127 Å². The molecule has 0 bridgehead atoms.